The first kappa shape index (κ1) is 26.8. The lowest BCUT2D eigenvalue weighted by molar-refractivity contribution is -0.131. The van der Waals surface area contributed by atoms with E-state index in [0.717, 1.165) is 44.5 Å². The molecule has 2 saturated heterocycles. The van der Waals surface area contributed by atoms with Crippen molar-refractivity contribution < 1.29 is 18.8 Å². The normalized spacial score (nSPS) is 22.4. The van der Waals surface area contributed by atoms with Gasteiger partial charge in [0, 0.05) is 56.3 Å². The van der Waals surface area contributed by atoms with Crippen LogP contribution in [0.25, 0.3) is 0 Å². The molecule has 0 spiro atoms. The molecule has 37 heavy (non-hydrogen) atoms. The molecule has 4 rings (SSSR count). The molecule has 2 unspecified atom stereocenters. The van der Waals surface area contributed by atoms with E-state index >= 15 is 0 Å². The Balaban J connectivity index is 1.38. The highest BCUT2D eigenvalue weighted by Gasteiger charge is 2.34. The first-order valence-corrected chi connectivity index (χ1v) is 13.2. The van der Waals surface area contributed by atoms with Crippen molar-refractivity contribution in [2.45, 2.75) is 45.6 Å². The summed E-state index contributed by atoms with van der Waals surface area (Å²) in [6.45, 7) is 7.06. The predicted molar refractivity (Wildman–Crippen MR) is 142 cm³/mol. The van der Waals surface area contributed by atoms with Gasteiger partial charge >= 0.3 is 6.03 Å². The minimum absolute atomic E-state index is 0.0556. The van der Waals surface area contributed by atoms with E-state index in [2.05, 4.69) is 15.5 Å². The number of ketones is 1. The maximum absolute atomic E-state index is 13.3. The van der Waals surface area contributed by atoms with Crippen LogP contribution in [0.4, 0.5) is 14.9 Å². The highest BCUT2D eigenvalue weighted by atomic mass is 19.1. The minimum atomic E-state index is -0.306. The fourth-order valence-electron chi connectivity index (χ4n) is 5.61. The molecule has 0 bridgehead atoms. The number of anilines is 1. The lowest BCUT2D eigenvalue weighted by atomic mass is 9.88. The van der Waals surface area contributed by atoms with Gasteiger partial charge in [0.2, 0.25) is 5.91 Å². The van der Waals surface area contributed by atoms with E-state index in [1.54, 1.807) is 31.2 Å². The molecule has 2 fully saturated rings. The Hall–Kier alpha value is -3.26. The van der Waals surface area contributed by atoms with E-state index < -0.39 is 0 Å². The van der Waals surface area contributed by atoms with Crippen LogP contribution in [0.2, 0.25) is 0 Å². The molecular formula is C29H37FN4O3. The van der Waals surface area contributed by atoms with Crippen LogP contribution in [0, 0.1) is 17.7 Å². The van der Waals surface area contributed by atoms with Crippen molar-refractivity contribution >= 4 is 23.4 Å². The summed E-state index contributed by atoms with van der Waals surface area (Å²) in [5.41, 5.74) is 2.27. The number of benzene rings is 2. The molecule has 3 amide bonds. The summed E-state index contributed by atoms with van der Waals surface area (Å²) < 4.78 is 13.3. The second kappa shape index (κ2) is 12.3. The quantitative estimate of drug-likeness (QED) is 0.545. The van der Waals surface area contributed by atoms with E-state index in [0.29, 0.717) is 36.7 Å². The number of carbonyl (C=O) groups excluding carboxylic acids is 3. The Labute approximate surface area is 218 Å². The fraction of sp³-hybridized carbons (Fsp3) is 0.483. The van der Waals surface area contributed by atoms with Crippen LogP contribution in [0.5, 0.6) is 0 Å². The number of urea groups is 1. The lowest BCUT2D eigenvalue weighted by Gasteiger charge is -2.42. The molecule has 0 saturated carbocycles. The number of Topliss-reactive ketones (excluding diaryl/α,β-unsaturated/α-hetero) is 1. The average Bonchev–Trinajstić information content (AvgIpc) is 2.86. The summed E-state index contributed by atoms with van der Waals surface area (Å²) in [7, 11) is 0. The minimum Gasteiger partial charge on any atom is -0.342 e. The van der Waals surface area contributed by atoms with Crippen molar-refractivity contribution in [1.82, 2.24) is 15.1 Å². The monoisotopic (exact) mass is 508 g/mol. The summed E-state index contributed by atoms with van der Waals surface area (Å²) in [6, 6.07) is 13.3. The topological polar surface area (TPSA) is 81.8 Å². The van der Waals surface area contributed by atoms with Crippen LogP contribution in [0.1, 0.15) is 49.0 Å². The third kappa shape index (κ3) is 7.61. The number of hydrogen-bond acceptors (Lipinski definition) is 4. The van der Waals surface area contributed by atoms with Gasteiger partial charge in [0.25, 0.3) is 0 Å². The highest BCUT2D eigenvalue weighted by molar-refractivity contribution is 5.96. The van der Waals surface area contributed by atoms with Gasteiger partial charge in [-0.2, -0.15) is 0 Å². The third-order valence-corrected chi connectivity index (χ3v) is 7.56. The molecule has 2 aliphatic heterocycles. The van der Waals surface area contributed by atoms with Gasteiger partial charge in [-0.1, -0.05) is 24.3 Å². The SMILES string of the molecule is CC(=O)c1cccc(NC(=O)NC2CCN(C(C)=O)CC2CN2CCC[C@@H](Cc3ccc(F)cc3)C2)c1. The zero-order valence-electron chi connectivity index (χ0n) is 21.7. The molecule has 2 aromatic carbocycles. The summed E-state index contributed by atoms with van der Waals surface area (Å²) in [5.74, 6) is 0.392. The van der Waals surface area contributed by atoms with Crippen molar-refractivity contribution in [2.75, 3.05) is 38.0 Å². The van der Waals surface area contributed by atoms with Crippen molar-refractivity contribution in [3.63, 3.8) is 0 Å². The van der Waals surface area contributed by atoms with Gasteiger partial charge in [-0.05, 0) is 74.9 Å². The molecule has 2 aliphatic rings. The van der Waals surface area contributed by atoms with Crippen LogP contribution in [-0.4, -0.2) is 66.3 Å². The Morgan fingerprint density at radius 3 is 2.51 bits per heavy atom. The summed E-state index contributed by atoms with van der Waals surface area (Å²) in [5, 5.41) is 5.99. The second-order valence-electron chi connectivity index (χ2n) is 10.5. The zero-order valence-corrected chi connectivity index (χ0v) is 21.7. The first-order chi connectivity index (χ1) is 17.8. The number of nitrogens with one attached hydrogen (secondary N) is 2. The summed E-state index contributed by atoms with van der Waals surface area (Å²) in [6.07, 6.45) is 3.85. The molecule has 2 aromatic rings. The molecule has 8 heteroatoms. The number of likely N-dealkylation sites (tertiary alicyclic amines) is 2. The van der Waals surface area contributed by atoms with Crippen LogP contribution in [-0.2, 0) is 11.2 Å². The third-order valence-electron chi connectivity index (χ3n) is 7.56. The van der Waals surface area contributed by atoms with Gasteiger partial charge in [-0.25, -0.2) is 9.18 Å². The molecule has 7 nitrogen and oxygen atoms in total. The van der Waals surface area contributed by atoms with Gasteiger partial charge < -0.3 is 20.4 Å². The molecule has 0 aliphatic carbocycles. The van der Waals surface area contributed by atoms with Gasteiger partial charge in [0.1, 0.15) is 5.82 Å². The molecule has 0 aromatic heterocycles. The average molecular weight is 509 g/mol. The van der Waals surface area contributed by atoms with Gasteiger partial charge in [-0.3, -0.25) is 9.59 Å². The number of halogens is 1. The van der Waals surface area contributed by atoms with E-state index in [4.69, 9.17) is 0 Å². The van der Waals surface area contributed by atoms with Crippen LogP contribution in [0.15, 0.2) is 48.5 Å². The zero-order chi connectivity index (χ0) is 26.4. The Morgan fingerprint density at radius 1 is 1.00 bits per heavy atom. The predicted octanol–water partition coefficient (Wildman–Crippen LogP) is 4.34. The Kier molecular flexibility index (Phi) is 8.92. The maximum atomic E-state index is 13.3. The molecule has 0 radical (unpaired) electrons. The van der Waals surface area contributed by atoms with E-state index in [9.17, 15) is 18.8 Å². The van der Waals surface area contributed by atoms with Crippen LogP contribution in [0.3, 0.4) is 0 Å². The Morgan fingerprint density at radius 2 is 1.78 bits per heavy atom. The largest absolute Gasteiger partial charge is 0.342 e. The fourth-order valence-corrected chi connectivity index (χ4v) is 5.61. The summed E-state index contributed by atoms with van der Waals surface area (Å²) >= 11 is 0. The van der Waals surface area contributed by atoms with Crippen LogP contribution >= 0.6 is 0 Å². The maximum Gasteiger partial charge on any atom is 0.319 e. The number of carbonyl (C=O) groups is 3. The van der Waals surface area contributed by atoms with Crippen LogP contribution < -0.4 is 10.6 Å². The van der Waals surface area contributed by atoms with Gasteiger partial charge in [0.05, 0.1) is 0 Å². The van der Waals surface area contributed by atoms with Gasteiger partial charge in [-0.15, -0.1) is 0 Å². The number of hydrogen-bond donors (Lipinski definition) is 2. The molecular weight excluding hydrogens is 471 g/mol. The highest BCUT2D eigenvalue weighted by Crippen LogP contribution is 2.25. The number of amides is 3. The van der Waals surface area contributed by atoms with Crippen molar-refractivity contribution in [3.05, 3.63) is 65.5 Å². The molecule has 2 N–H and O–H groups in total. The van der Waals surface area contributed by atoms with Crippen molar-refractivity contribution in [3.8, 4) is 0 Å². The Bertz CT molecular complexity index is 1110. The van der Waals surface area contributed by atoms with Crippen molar-refractivity contribution in [1.29, 1.82) is 0 Å². The summed E-state index contributed by atoms with van der Waals surface area (Å²) in [4.78, 5) is 41.0. The number of rotatable bonds is 7. The second-order valence-corrected chi connectivity index (χ2v) is 10.5. The number of nitrogens with zero attached hydrogens (tertiary/aromatic N) is 2. The number of piperidine rings is 2. The standard InChI is InChI=1S/C29H37FN4O3/c1-20(35)24-6-3-7-27(16-24)31-29(37)32-28-12-14-34(21(2)36)19-25(28)18-33-13-4-5-23(17-33)15-22-8-10-26(30)11-9-22/h3,6-11,16,23,25,28H,4-5,12-15,17-19H2,1-2H3,(H2,31,32,37)/t23-,25?,28?/m0/s1. The smallest absolute Gasteiger partial charge is 0.319 e. The molecule has 198 valence electrons. The lowest BCUT2D eigenvalue weighted by Crippen LogP contribution is -2.56. The first-order valence-electron chi connectivity index (χ1n) is 13.2. The van der Waals surface area contributed by atoms with E-state index in [-0.39, 0.29) is 35.5 Å². The van der Waals surface area contributed by atoms with Crippen molar-refractivity contribution in [2.24, 2.45) is 11.8 Å². The van der Waals surface area contributed by atoms with E-state index in [1.165, 1.54) is 19.1 Å². The molecule has 3 atom stereocenters. The van der Waals surface area contributed by atoms with Gasteiger partial charge in [0.15, 0.2) is 5.78 Å². The van der Waals surface area contributed by atoms with E-state index in [1.807, 2.05) is 17.0 Å². The molecule has 2 heterocycles.